The zero-order valence-electron chi connectivity index (χ0n) is 10.6. The molecule has 0 unspecified atom stereocenters. The fourth-order valence-electron chi connectivity index (χ4n) is 2.04. The van der Waals surface area contributed by atoms with Gasteiger partial charge in [-0.2, -0.15) is 5.10 Å². The number of rotatable bonds is 4. The van der Waals surface area contributed by atoms with Crippen LogP contribution < -0.4 is 5.73 Å². The SMILES string of the molecule is CCCc1nc(-c2cnn(C)c2)c(N)n1CC. The van der Waals surface area contributed by atoms with Gasteiger partial charge < -0.3 is 10.3 Å². The number of nitrogens with zero attached hydrogens (tertiary/aromatic N) is 4. The van der Waals surface area contributed by atoms with Gasteiger partial charge in [-0.25, -0.2) is 4.98 Å². The highest BCUT2D eigenvalue weighted by Crippen LogP contribution is 2.26. The topological polar surface area (TPSA) is 61.7 Å². The van der Waals surface area contributed by atoms with Crippen LogP contribution in [0.1, 0.15) is 26.1 Å². The fraction of sp³-hybridized carbons (Fsp3) is 0.500. The molecular formula is C12H19N5. The second-order valence-electron chi connectivity index (χ2n) is 4.16. The zero-order valence-corrected chi connectivity index (χ0v) is 10.6. The van der Waals surface area contributed by atoms with Gasteiger partial charge in [0.2, 0.25) is 0 Å². The van der Waals surface area contributed by atoms with Gasteiger partial charge in [-0.1, -0.05) is 6.92 Å². The van der Waals surface area contributed by atoms with Crippen molar-refractivity contribution in [3.8, 4) is 11.3 Å². The molecule has 0 spiro atoms. The molecular weight excluding hydrogens is 214 g/mol. The van der Waals surface area contributed by atoms with Crippen molar-refractivity contribution < 1.29 is 0 Å². The third kappa shape index (κ3) is 2.05. The van der Waals surface area contributed by atoms with E-state index in [9.17, 15) is 0 Å². The molecule has 0 atom stereocenters. The second-order valence-corrected chi connectivity index (χ2v) is 4.16. The van der Waals surface area contributed by atoms with Gasteiger partial charge in [-0.05, 0) is 13.3 Å². The van der Waals surface area contributed by atoms with Crippen molar-refractivity contribution >= 4 is 5.82 Å². The van der Waals surface area contributed by atoms with Crippen LogP contribution in [0.3, 0.4) is 0 Å². The molecule has 2 rings (SSSR count). The van der Waals surface area contributed by atoms with Crippen LogP contribution >= 0.6 is 0 Å². The third-order valence-electron chi connectivity index (χ3n) is 2.85. The number of anilines is 1. The van der Waals surface area contributed by atoms with Crippen molar-refractivity contribution in [3.63, 3.8) is 0 Å². The maximum Gasteiger partial charge on any atom is 0.131 e. The van der Waals surface area contributed by atoms with Crippen molar-refractivity contribution in [2.24, 2.45) is 7.05 Å². The molecule has 0 saturated heterocycles. The van der Waals surface area contributed by atoms with Crippen molar-refractivity contribution in [1.82, 2.24) is 19.3 Å². The van der Waals surface area contributed by atoms with Crippen LogP contribution in [0.2, 0.25) is 0 Å². The lowest BCUT2D eigenvalue weighted by molar-refractivity contribution is 0.690. The lowest BCUT2D eigenvalue weighted by Gasteiger charge is -2.04. The number of imidazole rings is 1. The highest BCUT2D eigenvalue weighted by Gasteiger charge is 2.15. The number of aryl methyl sites for hydroxylation is 2. The van der Waals surface area contributed by atoms with E-state index in [0.29, 0.717) is 0 Å². The molecule has 2 heterocycles. The summed E-state index contributed by atoms with van der Waals surface area (Å²) in [6, 6.07) is 0. The van der Waals surface area contributed by atoms with E-state index in [0.717, 1.165) is 42.3 Å². The van der Waals surface area contributed by atoms with Crippen LogP contribution in [-0.2, 0) is 20.0 Å². The first kappa shape index (κ1) is 11.7. The molecule has 0 bridgehead atoms. The number of hydrogen-bond acceptors (Lipinski definition) is 3. The first-order valence-electron chi connectivity index (χ1n) is 6.01. The molecule has 0 amide bonds. The second kappa shape index (κ2) is 4.61. The maximum absolute atomic E-state index is 6.15. The quantitative estimate of drug-likeness (QED) is 0.876. The molecule has 0 fully saturated rings. The number of nitrogens with two attached hydrogens (primary N) is 1. The van der Waals surface area contributed by atoms with Gasteiger partial charge >= 0.3 is 0 Å². The monoisotopic (exact) mass is 233 g/mol. The number of aromatic nitrogens is 4. The van der Waals surface area contributed by atoms with Gasteiger partial charge in [0.25, 0.3) is 0 Å². The molecule has 2 aromatic rings. The Bertz CT molecular complexity index is 509. The van der Waals surface area contributed by atoms with Gasteiger partial charge in [0.1, 0.15) is 17.3 Å². The van der Waals surface area contributed by atoms with Gasteiger partial charge in [-0.15, -0.1) is 0 Å². The van der Waals surface area contributed by atoms with Crippen molar-refractivity contribution in [1.29, 1.82) is 0 Å². The van der Waals surface area contributed by atoms with Crippen LogP contribution in [-0.4, -0.2) is 19.3 Å². The molecule has 5 heteroatoms. The van der Waals surface area contributed by atoms with E-state index in [-0.39, 0.29) is 0 Å². The van der Waals surface area contributed by atoms with Gasteiger partial charge in [0.05, 0.1) is 6.20 Å². The minimum absolute atomic E-state index is 0.740. The normalized spacial score (nSPS) is 11.0. The molecule has 0 aliphatic rings. The van der Waals surface area contributed by atoms with Crippen LogP contribution in [0, 0.1) is 0 Å². The van der Waals surface area contributed by atoms with E-state index >= 15 is 0 Å². The summed E-state index contributed by atoms with van der Waals surface area (Å²) in [5.41, 5.74) is 7.98. The lowest BCUT2D eigenvalue weighted by atomic mass is 10.2. The highest BCUT2D eigenvalue weighted by atomic mass is 15.2. The van der Waals surface area contributed by atoms with E-state index in [1.165, 1.54) is 0 Å². The predicted molar refractivity (Wildman–Crippen MR) is 68.5 cm³/mol. The average molecular weight is 233 g/mol. The summed E-state index contributed by atoms with van der Waals surface area (Å²) >= 11 is 0. The smallest absolute Gasteiger partial charge is 0.131 e. The average Bonchev–Trinajstić information content (AvgIpc) is 2.84. The van der Waals surface area contributed by atoms with Crippen molar-refractivity contribution in [2.75, 3.05) is 5.73 Å². The standard InChI is InChI=1S/C12H19N5/c1-4-6-10-15-11(12(13)17(10)5-2)9-7-14-16(3)8-9/h7-8H,4-6,13H2,1-3H3. The van der Waals surface area contributed by atoms with E-state index < -0.39 is 0 Å². The summed E-state index contributed by atoms with van der Waals surface area (Å²) in [4.78, 5) is 4.64. The largest absolute Gasteiger partial charge is 0.383 e. The van der Waals surface area contributed by atoms with E-state index in [1.807, 2.05) is 13.2 Å². The summed E-state index contributed by atoms with van der Waals surface area (Å²) < 4.78 is 3.84. The molecule has 92 valence electrons. The van der Waals surface area contributed by atoms with Gasteiger partial charge in [-0.3, -0.25) is 4.68 Å². The molecule has 0 saturated carbocycles. The first-order valence-corrected chi connectivity index (χ1v) is 6.01. The molecule has 0 aromatic carbocycles. The Labute approximate surface area is 101 Å². The maximum atomic E-state index is 6.15. The summed E-state index contributed by atoms with van der Waals surface area (Å²) in [7, 11) is 1.89. The first-order chi connectivity index (χ1) is 8.17. The Kier molecular flexibility index (Phi) is 3.17. The van der Waals surface area contributed by atoms with Crippen LogP contribution in [0.5, 0.6) is 0 Å². The highest BCUT2D eigenvalue weighted by molar-refractivity contribution is 5.69. The van der Waals surface area contributed by atoms with Crippen molar-refractivity contribution in [2.45, 2.75) is 33.2 Å². The predicted octanol–water partition coefficient (Wildman–Crippen LogP) is 1.84. The molecule has 0 aliphatic carbocycles. The lowest BCUT2D eigenvalue weighted by Crippen LogP contribution is -2.05. The Morgan fingerprint density at radius 2 is 2.12 bits per heavy atom. The summed E-state index contributed by atoms with van der Waals surface area (Å²) in [5, 5.41) is 4.16. The fourth-order valence-corrected chi connectivity index (χ4v) is 2.04. The Balaban J connectivity index is 2.48. The Morgan fingerprint density at radius 3 is 2.65 bits per heavy atom. The third-order valence-corrected chi connectivity index (χ3v) is 2.85. The Morgan fingerprint density at radius 1 is 1.35 bits per heavy atom. The van der Waals surface area contributed by atoms with E-state index in [4.69, 9.17) is 5.73 Å². The summed E-state index contributed by atoms with van der Waals surface area (Å²) in [6.07, 6.45) is 5.77. The summed E-state index contributed by atoms with van der Waals surface area (Å²) in [5.74, 6) is 1.80. The van der Waals surface area contributed by atoms with Crippen LogP contribution in [0.25, 0.3) is 11.3 Å². The molecule has 2 N–H and O–H groups in total. The number of hydrogen-bond donors (Lipinski definition) is 1. The molecule has 17 heavy (non-hydrogen) atoms. The molecule has 0 radical (unpaired) electrons. The van der Waals surface area contributed by atoms with E-state index in [2.05, 4.69) is 28.5 Å². The molecule has 0 aliphatic heterocycles. The van der Waals surface area contributed by atoms with Gasteiger partial charge in [0, 0.05) is 31.8 Å². The minimum atomic E-state index is 0.740. The molecule has 5 nitrogen and oxygen atoms in total. The van der Waals surface area contributed by atoms with Crippen molar-refractivity contribution in [3.05, 3.63) is 18.2 Å². The molecule has 2 aromatic heterocycles. The number of nitrogen functional groups attached to an aromatic ring is 1. The zero-order chi connectivity index (χ0) is 12.4. The van der Waals surface area contributed by atoms with Crippen LogP contribution in [0.4, 0.5) is 5.82 Å². The van der Waals surface area contributed by atoms with E-state index in [1.54, 1.807) is 10.9 Å². The summed E-state index contributed by atoms with van der Waals surface area (Å²) in [6.45, 7) is 5.09. The van der Waals surface area contributed by atoms with Gasteiger partial charge in [0.15, 0.2) is 0 Å². The van der Waals surface area contributed by atoms with Crippen LogP contribution in [0.15, 0.2) is 12.4 Å². The minimum Gasteiger partial charge on any atom is -0.383 e. The Hall–Kier alpha value is -1.78.